The largest absolute Gasteiger partial charge is 0.451 e. The number of hydrogen-bond donors (Lipinski definition) is 1. The zero-order valence-electron chi connectivity index (χ0n) is 19.3. The zero-order chi connectivity index (χ0) is 27.1. The topological polar surface area (TPSA) is 113 Å². The number of halogens is 6. The van der Waals surface area contributed by atoms with E-state index in [1.165, 1.54) is 17.9 Å². The molecule has 0 aromatic carbocycles. The van der Waals surface area contributed by atoms with Crippen molar-refractivity contribution in [3.05, 3.63) is 35.4 Å². The summed E-state index contributed by atoms with van der Waals surface area (Å²) < 4.78 is 80.1. The fourth-order valence-electron chi connectivity index (χ4n) is 3.75. The Kier molecular flexibility index (Phi) is 7.11. The summed E-state index contributed by atoms with van der Waals surface area (Å²) in [5.74, 6) is -1.56. The Morgan fingerprint density at radius 1 is 1.14 bits per heavy atom. The summed E-state index contributed by atoms with van der Waals surface area (Å²) >= 11 is 0.360. The molecule has 2 unspecified atom stereocenters. The highest BCUT2D eigenvalue weighted by atomic mass is 32.1. The van der Waals surface area contributed by atoms with Crippen LogP contribution in [0.4, 0.5) is 31.3 Å². The predicted octanol–water partition coefficient (Wildman–Crippen LogP) is 3.02. The number of nitrogens with zero attached hydrogens (tertiary/aromatic N) is 8. The molecule has 4 heterocycles. The van der Waals surface area contributed by atoms with Gasteiger partial charge < -0.3 is 14.9 Å². The molecular weight excluding hydrogens is 530 g/mol. The van der Waals surface area contributed by atoms with E-state index in [4.69, 9.17) is 0 Å². The summed E-state index contributed by atoms with van der Waals surface area (Å²) in [7, 11) is 0. The lowest BCUT2D eigenvalue weighted by Crippen LogP contribution is -2.54. The molecule has 1 saturated heterocycles. The fourth-order valence-corrected chi connectivity index (χ4v) is 4.74. The summed E-state index contributed by atoms with van der Waals surface area (Å²) in [5, 5.41) is 12.5. The van der Waals surface area contributed by atoms with E-state index in [2.05, 4.69) is 25.0 Å². The normalized spacial score (nSPS) is 17.8. The Hall–Kier alpha value is -3.34. The summed E-state index contributed by atoms with van der Waals surface area (Å²) in [5.41, 5.74) is -0.285. The van der Waals surface area contributed by atoms with E-state index in [9.17, 15) is 36.2 Å². The smallest absolute Gasteiger partial charge is 0.385 e. The highest BCUT2D eigenvalue weighted by Gasteiger charge is 2.39. The molecule has 37 heavy (non-hydrogen) atoms. The number of carbonyl (C=O) groups is 1. The van der Waals surface area contributed by atoms with E-state index >= 15 is 0 Å². The minimum Gasteiger partial charge on any atom is -0.385 e. The zero-order valence-corrected chi connectivity index (χ0v) is 20.1. The summed E-state index contributed by atoms with van der Waals surface area (Å²) in [6.45, 7) is 3.53. The van der Waals surface area contributed by atoms with Crippen LogP contribution in [0, 0.1) is 0 Å². The van der Waals surface area contributed by atoms with Crippen LogP contribution in [0.3, 0.4) is 0 Å². The highest BCUT2D eigenvalue weighted by molar-refractivity contribution is 7.16. The third kappa shape index (κ3) is 5.82. The molecule has 0 spiro atoms. The van der Waals surface area contributed by atoms with Crippen LogP contribution in [0.1, 0.15) is 36.6 Å². The number of amides is 1. The lowest BCUT2D eigenvalue weighted by atomic mass is 10.1. The van der Waals surface area contributed by atoms with E-state index in [0.717, 1.165) is 12.4 Å². The molecule has 1 N–H and O–H groups in total. The van der Waals surface area contributed by atoms with Gasteiger partial charge >= 0.3 is 12.4 Å². The van der Waals surface area contributed by atoms with Gasteiger partial charge in [-0.1, -0.05) is 11.3 Å². The molecule has 1 aliphatic heterocycles. The number of aliphatic hydroxyl groups is 1. The van der Waals surface area contributed by atoms with Crippen LogP contribution in [0.5, 0.6) is 0 Å². The molecule has 0 bridgehead atoms. The third-order valence-electron chi connectivity index (χ3n) is 5.49. The lowest BCUT2D eigenvalue weighted by molar-refractivity contribution is -0.145. The number of anilines is 1. The number of hydrogen-bond acceptors (Lipinski definition) is 9. The van der Waals surface area contributed by atoms with Crippen LogP contribution in [0.15, 0.2) is 18.7 Å². The van der Waals surface area contributed by atoms with Gasteiger partial charge in [0.25, 0.3) is 0 Å². The number of aliphatic hydroxyl groups excluding tert-OH is 1. The maximum Gasteiger partial charge on any atom is 0.451 e. The molecule has 10 nitrogen and oxygen atoms in total. The number of aromatic nitrogens is 6. The Morgan fingerprint density at radius 3 is 2.35 bits per heavy atom. The van der Waals surface area contributed by atoms with Gasteiger partial charge in [-0.05, 0) is 13.8 Å². The van der Waals surface area contributed by atoms with Crippen molar-refractivity contribution in [1.29, 1.82) is 0 Å². The third-order valence-corrected chi connectivity index (χ3v) is 6.65. The SMILES string of the molecule is CC(O)c1ncn(CC(=O)N2CCN(c3sc(C(F)(F)F)nc3-c3cnc(C(F)(F)F)nc3)CC2C)n1. The van der Waals surface area contributed by atoms with E-state index < -0.39 is 35.3 Å². The Bertz CT molecular complexity index is 1260. The van der Waals surface area contributed by atoms with Crippen LogP contribution in [0.2, 0.25) is 0 Å². The van der Waals surface area contributed by atoms with Gasteiger partial charge in [0.2, 0.25) is 16.7 Å². The molecule has 0 saturated carbocycles. The van der Waals surface area contributed by atoms with Crippen molar-refractivity contribution in [1.82, 2.24) is 34.6 Å². The highest BCUT2D eigenvalue weighted by Crippen LogP contribution is 2.43. The van der Waals surface area contributed by atoms with Crippen molar-refractivity contribution >= 4 is 22.2 Å². The van der Waals surface area contributed by atoms with Crippen LogP contribution in [-0.2, 0) is 23.7 Å². The molecule has 1 amide bonds. The van der Waals surface area contributed by atoms with Crippen molar-refractivity contribution in [2.24, 2.45) is 0 Å². The monoisotopic (exact) mass is 550 g/mol. The summed E-state index contributed by atoms with van der Waals surface area (Å²) in [6, 6.07) is -0.422. The summed E-state index contributed by atoms with van der Waals surface area (Å²) in [4.78, 5) is 30.0. The van der Waals surface area contributed by atoms with Gasteiger partial charge in [-0.25, -0.2) is 24.6 Å². The van der Waals surface area contributed by atoms with Crippen LogP contribution >= 0.6 is 11.3 Å². The lowest BCUT2D eigenvalue weighted by Gasteiger charge is -2.40. The Labute approximate surface area is 209 Å². The van der Waals surface area contributed by atoms with Gasteiger partial charge in [0, 0.05) is 43.6 Å². The number of piperazine rings is 1. The van der Waals surface area contributed by atoms with Crippen LogP contribution in [-0.4, -0.2) is 71.3 Å². The van der Waals surface area contributed by atoms with E-state index in [0.29, 0.717) is 11.3 Å². The molecule has 1 fully saturated rings. The molecule has 1 aliphatic rings. The van der Waals surface area contributed by atoms with Crippen molar-refractivity contribution in [2.75, 3.05) is 24.5 Å². The maximum absolute atomic E-state index is 13.5. The fraction of sp³-hybridized carbons (Fsp3) is 0.500. The van der Waals surface area contributed by atoms with Gasteiger partial charge in [-0.2, -0.15) is 31.4 Å². The van der Waals surface area contributed by atoms with Gasteiger partial charge in [0.1, 0.15) is 29.7 Å². The molecule has 17 heteroatoms. The van der Waals surface area contributed by atoms with Crippen molar-refractivity contribution in [2.45, 2.75) is 44.9 Å². The second-order valence-electron chi connectivity index (χ2n) is 8.32. The second-order valence-corrected chi connectivity index (χ2v) is 9.30. The average Bonchev–Trinajstić information content (AvgIpc) is 3.46. The van der Waals surface area contributed by atoms with Gasteiger partial charge in [0.15, 0.2) is 5.82 Å². The molecule has 2 atom stereocenters. The van der Waals surface area contributed by atoms with E-state index in [-0.39, 0.29) is 54.2 Å². The maximum atomic E-state index is 13.5. The first-order valence-corrected chi connectivity index (χ1v) is 11.6. The number of thiazole rings is 1. The standard InChI is InChI=1S/C20H20F6N8O2S/c1-10-7-32(3-4-34(10)13(36)8-33-9-29-15(31-33)11(2)35)16-14(30-18(37-16)20(24,25)26)12-5-27-17(28-6-12)19(21,22)23/h5-6,9-11,35H,3-4,7-8H2,1-2H3. The van der Waals surface area contributed by atoms with E-state index in [1.54, 1.807) is 16.7 Å². The van der Waals surface area contributed by atoms with Crippen LogP contribution in [0.25, 0.3) is 11.3 Å². The molecule has 4 rings (SSSR count). The van der Waals surface area contributed by atoms with Crippen molar-refractivity contribution < 1.29 is 36.2 Å². The van der Waals surface area contributed by atoms with Crippen molar-refractivity contribution in [3.63, 3.8) is 0 Å². The summed E-state index contributed by atoms with van der Waals surface area (Å²) in [6.07, 6.45) is -7.58. The first kappa shape index (κ1) is 26.7. The molecule has 0 radical (unpaired) electrons. The molecule has 3 aromatic rings. The number of rotatable bonds is 5. The molecule has 0 aliphatic carbocycles. The molecule has 200 valence electrons. The molecular formula is C20H20F6N8O2S. The van der Waals surface area contributed by atoms with E-state index in [1.807, 2.05) is 0 Å². The second kappa shape index (κ2) is 9.85. The Balaban J connectivity index is 1.54. The Morgan fingerprint density at radius 2 is 1.81 bits per heavy atom. The number of alkyl halides is 6. The first-order valence-electron chi connectivity index (χ1n) is 10.8. The van der Waals surface area contributed by atoms with Gasteiger partial charge in [-0.3, -0.25) is 4.79 Å². The van der Waals surface area contributed by atoms with Gasteiger partial charge in [0.05, 0.1) is 0 Å². The first-order chi connectivity index (χ1) is 17.2. The quantitative estimate of drug-likeness (QED) is 0.483. The predicted molar refractivity (Wildman–Crippen MR) is 117 cm³/mol. The minimum absolute atomic E-state index is 0.0903. The number of carbonyl (C=O) groups excluding carboxylic acids is 1. The van der Waals surface area contributed by atoms with Crippen molar-refractivity contribution in [3.8, 4) is 11.3 Å². The van der Waals surface area contributed by atoms with Crippen LogP contribution < -0.4 is 4.90 Å². The minimum atomic E-state index is -4.80. The molecule has 3 aromatic heterocycles. The average molecular weight is 550 g/mol. The van der Waals surface area contributed by atoms with Gasteiger partial charge in [-0.15, -0.1) is 0 Å².